The van der Waals surface area contributed by atoms with Gasteiger partial charge in [0, 0.05) is 18.7 Å². The summed E-state index contributed by atoms with van der Waals surface area (Å²) < 4.78 is 4.86. The molecule has 0 aliphatic heterocycles. The van der Waals surface area contributed by atoms with Crippen molar-refractivity contribution in [3.8, 4) is 0 Å². The Kier molecular flexibility index (Phi) is 7.10. The first-order valence-corrected chi connectivity index (χ1v) is 5.37. The highest BCUT2D eigenvalue weighted by Crippen LogP contribution is 2.15. The lowest BCUT2D eigenvalue weighted by Crippen LogP contribution is -2.16. The molecule has 0 bridgehead atoms. The SMILES string of the molecule is C=C/C=C(\C=C)c1cc(C(=O)NC)on1.CC. The molecule has 4 nitrogen and oxygen atoms in total. The number of aromatic nitrogens is 1. The van der Waals surface area contributed by atoms with E-state index in [1.165, 1.54) is 7.05 Å². The van der Waals surface area contributed by atoms with Gasteiger partial charge in [0.25, 0.3) is 5.91 Å². The molecule has 1 amide bonds. The van der Waals surface area contributed by atoms with Gasteiger partial charge in [-0.2, -0.15) is 0 Å². The van der Waals surface area contributed by atoms with Crippen molar-refractivity contribution in [3.05, 3.63) is 48.9 Å². The second-order valence-corrected chi connectivity index (χ2v) is 2.72. The summed E-state index contributed by atoms with van der Waals surface area (Å²) in [5, 5.41) is 6.20. The number of carbonyl (C=O) groups is 1. The summed E-state index contributed by atoms with van der Waals surface area (Å²) in [6.07, 6.45) is 4.97. The maximum absolute atomic E-state index is 11.2. The van der Waals surface area contributed by atoms with Gasteiger partial charge in [0.05, 0.1) is 0 Å². The van der Waals surface area contributed by atoms with Gasteiger partial charge in [-0.05, 0) is 0 Å². The largest absolute Gasteiger partial charge is 0.352 e. The number of hydrogen-bond acceptors (Lipinski definition) is 3. The van der Waals surface area contributed by atoms with E-state index in [1.807, 2.05) is 13.8 Å². The lowest BCUT2D eigenvalue weighted by Gasteiger charge is -1.91. The molecule has 1 aromatic rings. The van der Waals surface area contributed by atoms with E-state index in [0.29, 0.717) is 5.69 Å². The van der Waals surface area contributed by atoms with Gasteiger partial charge >= 0.3 is 0 Å². The van der Waals surface area contributed by atoms with Gasteiger partial charge in [-0.25, -0.2) is 0 Å². The summed E-state index contributed by atoms with van der Waals surface area (Å²) in [7, 11) is 1.53. The van der Waals surface area contributed by atoms with Gasteiger partial charge in [0.1, 0.15) is 5.69 Å². The highest BCUT2D eigenvalue weighted by Gasteiger charge is 2.11. The first-order valence-electron chi connectivity index (χ1n) is 5.37. The number of rotatable bonds is 4. The molecule has 92 valence electrons. The van der Waals surface area contributed by atoms with Crippen LogP contribution >= 0.6 is 0 Å². The molecule has 1 heterocycles. The van der Waals surface area contributed by atoms with Gasteiger partial charge in [-0.15, -0.1) is 0 Å². The predicted molar refractivity (Wildman–Crippen MR) is 69.6 cm³/mol. The number of carbonyl (C=O) groups excluding carboxylic acids is 1. The molecule has 17 heavy (non-hydrogen) atoms. The molecular formula is C13H18N2O2. The molecule has 1 rings (SSSR count). The fourth-order valence-electron chi connectivity index (χ4n) is 1.03. The molecule has 4 heteroatoms. The van der Waals surface area contributed by atoms with Gasteiger partial charge in [-0.3, -0.25) is 4.79 Å². The van der Waals surface area contributed by atoms with Crippen LogP contribution < -0.4 is 5.32 Å². The van der Waals surface area contributed by atoms with Crippen LogP contribution in [0.15, 0.2) is 42.0 Å². The predicted octanol–water partition coefficient (Wildman–Crippen LogP) is 2.82. The Balaban J connectivity index is 0.00000121. The van der Waals surface area contributed by atoms with Crippen LogP contribution in [0.4, 0.5) is 0 Å². The summed E-state index contributed by atoms with van der Waals surface area (Å²) in [5.74, 6) is -0.139. The number of allylic oxidation sites excluding steroid dienone is 4. The molecule has 1 aromatic heterocycles. The van der Waals surface area contributed by atoms with Crippen LogP contribution in [0.1, 0.15) is 30.1 Å². The maximum atomic E-state index is 11.2. The third-order valence-electron chi connectivity index (χ3n) is 1.77. The van der Waals surface area contributed by atoms with Crippen molar-refractivity contribution in [1.29, 1.82) is 0 Å². The van der Waals surface area contributed by atoms with Crippen LogP contribution in [0, 0.1) is 0 Å². The topological polar surface area (TPSA) is 55.1 Å². The van der Waals surface area contributed by atoms with E-state index < -0.39 is 0 Å². The zero-order valence-corrected chi connectivity index (χ0v) is 10.5. The molecule has 0 atom stereocenters. The smallest absolute Gasteiger partial charge is 0.289 e. The van der Waals surface area contributed by atoms with Gasteiger partial charge in [-0.1, -0.05) is 50.4 Å². The fourth-order valence-corrected chi connectivity index (χ4v) is 1.03. The van der Waals surface area contributed by atoms with Crippen LogP contribution in [-0.2, 0) is 0 Å². The molecule has 0 saturated heterocycles. The van der Waals surface area contributed by atoms with Gasteiger partial charge in [0.15, 0.2) is 0 Å². The van der Waals surface area contributed by atoms with Crippen molar-refractivity contribution in [3.63, 3.8) is 0 Å². The number of amides is 1. The number of nitrogens with one attached hydrogen (secondary N) is 1. The van der Waals surface area contributed by atoms with Crippen LogP contribution in [-0.4, -0.2) is 18.1 Å². The van der Waals surface area contributed by atoms with E-state index in [9.17, 15) is 4.79 Å². The summed E-state index contributed by atoms with van der Waals surface area (Å²) >= 11 is 0. The lowest BCUT2D eigenvalue weighted by atomic mass is 10.1. The molecule has 0 radical (unpaired) electrons. The third kappa shape index (κ3) is 4.10. The Morgan fingerprint density at radius 2 is 2.12 bits per heavy atom. The Hall–Kier alpha value is -2.10. The third-order valence-corrected chi connectivity index (χ3v) is 1.77. The molecule has 0 fully saturated rings. The zero-order chi connectivity index (χ0) is 13.3. The van der Waals surface area contributed by atoms with Gasteiger partial charge < -0.3 is 9.84 Å². The van der Waals surface area contributed by atoms with Crippen molar-refractivity contribution < 1.29 is 9.32 Å². The molecule has 0 aromatic carbocycles. The average Bonchev–Trinajstić information content (AvgIpc) is 2.86. The van der Waals surface area contributed by atoms with E-state index in [0.717, 1.165) is 5.57 Å². The summed E-state index contributed by atoms with van der Waals surface area (Å²) in [6, 6.07) is 1.55. The summed E-state index contributed by atoms with van der Waals surface area (Å²) in [5.41, 5.74) is 1.31. The normalized spacial score (nSPS) is 9.94. The van der Waals surface area contributed by atoms with E-state index >= 15 is 0 Å². The lowest BCUT2D eigenvalue weighted by molar-refractivity contribution is 0.0926. The highest BCUT2D eigenvalue weighted by atomic mass is 16.5. The minimum atomic E-state index is -0.309. The second kappa shape index (κ2) is 8.10. The Morgan fingerprint density at radius 1 is 1.47 bits per heavy atom. The molecule has 0 spiro atoms. The molecule has 0 aliphatic rings. The van der Waals surface area contributed by atoms with Crippen molar-refractivity contribution in [1.82, 2.24) is 10.5 Å². The van der Waals surface area contributed by atoms with Crippen molar-refractivity contribution in [2.45, 2.75) is 13.8 Å². The minimum Gasteiger partial charge on any atom is -0.352 e. The van der Waals surface area contributed by atoms with Crippen LogP contribution in [0.5, 0.6) is 0 Å². The molecular weight excluding hydrogens is 216 g/mol. The average molecular weight is 234 g/mol. The molecule has 0 unspecified atom stereocenters. The van der Waals surface area contributed by atoms with Gasteiger partial charge in [0.2, 0.25) is 5.76 Å². The molecule has 1 N–H and O–H groups in total. The summed E-state index contributed by atoms with van der Waals surface area (Å²) in [4.78, 5) is 11.2. The monoisotopic (exact) mass is 234 g/mol. The Labute approximate surface area is 102 Å². The van der Waals surface area contributed by atoms with E-state index in [1.54, 1.807) is 24.3 Å². The second-order valence-electron chi connectivity index (χ2n) is 2.72. The first kappa shape index (κ1) is 14.9. The molecule has 0 saturated carbocycles. The zero-order valence-electron chi connectivity index (χ0n) is 10.5. The van der Waals surface area contributed by atoms with Crippen molar-refractivity contribution >= 4 is 11.5 Å². The van der Waals surface area contributed by atoms with Crippen molar-refractivity contribution in [2.75, 3.05) is 7.05 Å². The Morgan fingerprint density at radius 3 is 2.59 bits per heavy atom. The number of nitrogens with zero attached hydrogens (tertiary/aromatic N) is 1. The first-order chi connectivity index (χ1) is 8.22. The minimum absolute atomic E-state index is 0.171. The Bertz CT molecular complexity index is 417. The van der Waals surface area contributed by atoms with E-state index in [4.69, 9.17) is 4.52 Å². The molecule has 0 aliphatic carbocycles. The van der Waals surface area contributed by atoms with Crippen molar-refractivity contribution in [2.24, 2.45) is 0 Å². The number of hydrogen-bond donors (Lipinski definition) is 1. The maximum Gasteiger partial charge on any atom is 0.289 e. The highest BCUT2D eigenvalue weighted by molar-refractivity contribution is 5.92. The van der Waals surface area contributed by atoms with Crippen LogP contribution in [0.25, 0.3) is 5.57 Å². The van der Waals surface area contributed by atoms with Crippen LogP contribution in [0.2, 0.25) is 0 Å². The fraction of sp³-hybridized carbons (Fsp3) is 0.231. The van der Waals surface area contributed by atoms with Crippen LogP contribution in [0.3, 0.4) is 0 Å². The van der Waals surface area contributed by atoms with E-state index in [-0.39, 0.29) is 11.7 Å². The summed E-state index contributed by atoms with van der Waals surface area (Å²) in [6.45, 7) is 11.2. The standard InChI is InChI=1S/C11H12N2O2.C2H6/c1-4-6-8(5-2)9-7-10(15-13-9)11(14)12-3;1-2/h4-7H,1-2H2,3H3,(H,12,14);1-2H3/b8-6+;. The van der Waals surface area contributed by atoms with E-state index in [2.05, 4.69) is 23.6 Å². The quantitative estimate of drug-likeness (QED) is 0.815.